The highest BCUT2D eigenvalue weighted by atomic mass is 32.1. The fourth-order valence-corrected chi connectivity index (χ4v) is 8.27. The number of nitrogens with zero attached hydrogens (tertiary/aromatic N) is 3. The van der Waals surface area contributed by atoms with Gasteiger partial charge in [-0.1, -0.05) is 38.8 Å². The van der Waals surface area contributed by atoms with Crippen molar-refractivity contribution in [3.05, 3.63) is 60.1 Å². The Balaban J connectivity index is 1.54. The summed E-state index contributed by atoms with van der Waals surface area (Å²) >= 11 is 1.53. The van der Waals surface area contributed by atoms with Crippen molar-refractivity contribution in [3.63, 3.8) is 0 Å². The lowest BCUT2D eigenvalue weighted by molar-refractivity contribution is -0.136. The molecule has 5 rings (SSSR count). The van der Waals surface area contributed by atoms with E-state index in [2.05, 4.69) is 37.6 Å². The van der Waals surface area contributed by atoms with Crippen LogP contribution in [0, 0.1) is 12.8 Å². The first-order valence-corrected chi connectivity index (χ1v) is 20.1. The van der Waals surface area contributed by atoms with Crippen LogP contribution in [0.15, 0.2) is 48.9 Å². The average Bonchev–Trinajstić information content (AvgIpc) is 3.42. The lowest BCUT2D eigenvalue weighted by Crippen LogP contribution is -2.58. The molecule has 1 aliphatic heterocycles. The molecule has 0 bridgehead atoms. The van der Waals surface area contributed by atoms with Crippen molar-refractivity contribution in [2.45, 2.75) is 128 Å². The monoisotopic (exact) mass is 774 g/mol. The van der Waals surface area contributed by atoms with E-state index in [-0.39, 0.29) is 24.3 Å². The largest absolute Gasteiger partial charge is 0.496 e. The van der Waals surface area contributed by atoms with Gasteiger partial charge in [0.2, 0.25) is 11.8 Å². The van der Waals surface area contributed by atoms with Crippen LogP contribution in [0.1, 0.15) is 104 Å². The van der Waals surface area contributed by atoms with Crippen LogP contribution in [0.5, 0.6) is 11.5 Å². The number of ether oxygens (including phenoxy) is 3. The van der Waals surface area contributed by atoms with Crippen LogP contribution >= 0.6 is 11.3 Å². The number of fused-ring (bicyclic) bond motifs is 1. The maximum Gasteiger partial charge on any atom is 0.408 e. The molecule has 3 heterocycles. The lowest BCUT2D eigenvalue weighted by atomic mass is 10.0. The number of aryl methyl sites for hydroxylation is 1. The highest BCUT2D eigenvalue weighted by Crippen LogP contribution is 2.47. The average molecular weight is 775 g/mol. The molecule has 4 N–H and O–H groups in total. The van der Waals surface area contributed by atoms with Crippen LogP contribution in [0.25, 0.3) is 21.6 Å². The Hall–Kier alpha value is -4.49. The number of pyridine rings is 1. The molecule has 2 aromatic heterocycles. The third kappa shape index (κ3) is 9.49. The van der Waals surface area contributed by atoms with Crippen molar-refractivity contribution in [1.29, 1.82) is 0 Å². The number of carbonyl (C=O) groups is 3. The highest BCUT2D eigenvalue weighted by molar-refractivity contribution is 7.13. The molecular formula is C42H58N6O6S. The maximum atomic E-state index is 14.7. The fraction of sp³-hybridized carbons (Fsp3) is 0.548. The summed E-state index contributed by atoms with van der Waals surface area (Å²) in [6, 6.07) is 4.85. The predicted octanol–water partition coefficient (Wildman–Crippen LogP) is 7.54. The van der Waals surface area contributed by atoms with Gasteiger partial charge < -0.3 is 30.2 Å². The van der Waals surface area contributed by atoms with Crippen LogP contribution in [0.4, 0.5) is 4.79 Å². The van der Waals surface area contributed by atoms with Crippen LogP contribution in [0.3, 0.4) is 0 Å². The van der Waals surface area contributed by atoms with E-state index < -0.39 is 40.9 Å². The molecule has 4 unspecified atom stereocenters. The second-order valence-corrected chi connectivity index (χ2v) is 17.3. The molecule has 55 heavy (non-hydrogen) atoms. The Morgan fingerprint density at radius 3 is 2.47 bits per heavy atom. The minimum absolute atomic E-state index is 0.156. The van der Waals surface area contributed by atoms with Crippen molar-refractivity contribution < 1.29 is 28.6 Å². The molecule has 1 saturated heterocycles. The zero-order valence-electron chi connectivity index (χ0n) is 33.6. The number of hydrogen-bond acceptors (Lipinski definition) is 10. The summed E-state index contributed by atoms with van der Waals surface area (Å²) in [5, 5.41) is 9.93. The van der Waals surface area contributed by atoms with Crippen LogP contribution in [-0.2, 0) is 14.3 Å². The molecule has 0 radical (unpaired) electrons. The Morgan fingerprint density at radius 1 is 1.13 bits per heavy atom. The standard InChI is InChI=1S/C42H58N6O6S/c1-11-13-14-15-16-17-29(46-39(51)54-40(6,7)8)37(49)48-24-41(9,22-34(48)47-42(38(43)50)21-27(42)12-2)53-33-20-30(36-45-31(23-55-36)25(3)4)44-35-26(5)32(52-10)19-18-28(33)35/h11-12,18-20,23,25,27,29,34,47H,1-2,13-17,21-22,24H2,3-10H3,(H2,43,50)(H,46,51)/t27?,29-,34?,41?,42?/m0/s1. The third-order valence-electron chi connectivity index (χ3n) is 10.4. The number of methoxy groups -OCH3 is 1. The molecule has 13 heteroatoms. The topological polar surface area (TPSA) is 158 Å². The number of nitrogens with one attached hydrogen (secondary N) is 2. The van der Waals surface area contributed by atoms with Gasteiger partial charge in [-0.3, -0.25) is 14.9 Å². The molecule has 1 aliphatic carbocycles. The number of amides is 3. The lowest BCUT2D eigenvalue weighted by Gasteiger charge is -2.32. The van der Waals surface area contributed by atoms with E-state index in [1.165, 1.54) is 11.3 Å². The van der Waals surface area contributed by atoms with Gasteiger partial charge in [0.1, 0.15) is 45.0 Å². The first-order chi connectivity index (χ1) is 25.9. The number of primary amides is 1. The second kappa shape index (κ2) is 16.7. The summed E-state index contributed by atoms with van der Waals surface area (Å²) in [6.07, 6.45) is 6.80. The molecule has 0 spiro atoms. The third-order valence-corrected chi connectivity index (χ3v) is 11.3. The summed E-state index contributed by atoms with van der Waals surface area (Å²) in [4.78, 5) is 52.4. The zero-order valence-corrected chi connectivity index (χ0v) is 34.4. The van der Waals surface area contributed by atoms with Crippen molar-refractivity contribution in [2.75, 3.05) is 13.7 Å². The van der Waals surface area contributed by atoms with Crippen molar-refractivity contribution in [3.8, 4) is 22.2 Å². The molecule has 12 nitrogen and oxygen atoms in total. The SMILES string of the molecule is C=CCCCCC[C@H](NC(=O)OC(C)(C)C)C(=O)N1CC(C)(Oc2cc(-c3nc(C(C)C)cs3)nc3c(C)c(OC)ccc23)CC1NC1(C(N)=O)CC1C=C. The summed E-state index contributed by atoms with van der Waals surface area (Å²) in [7, 11) is 1.63. The van der Waals surface area contributed by atoms with Gasteiger partial charge in [0.25, 0.3) is 0 Å². The van der Waals surface area contributed by atoms with E-state index in [4.69, 9.17) is 29.9 Å². The second-order valence-electron chi connectivity index (χ2n) is 16.4. The molecule has 2 aliphatic rings. The van der Waals surface area contributed by atoms with Gasteiger partial charge >= 0.3 is 6.09 Å². The minimum atomic E-state index is -1.06. The number of nitrogens with two attached hydrogens (primary N) is 1. The van der Waals surface area contributed by atoms with Gasteiger partial charge in [-0.2, -0.15) is 0 Å². The van der Waals surface area contributed by atoms with Crippen molar-refractivity contribution >= 4 is 40.1 Å². The number of rotatable bonds is 17. The van der Waals surface area contributed by atoms with E-state index in [1.54, 1.807) is 38.9 Å². The normalized spacial score (nSPS) is 22.7. The molecule has 1 aromatic carbocycles. The van der Waals surface area contributed by atoms with Crippen molar-refractivity contribution in [2.24, 2.45) is 11.7 Å². The van der Waals surface area contributed by atoms with E-state index >= 15 is 0 Å². The van der Waals surface area contributed by atoms with Crippen LogP contribution < -0.4 is 25.8 Å². The van der Waals surface area contributed by atoms with Gasteiger partial charge in [-0.25, -0.2) is 14.8 Å². The summed E-state index contributed by atoms with van der Waals surface area (Å²) < 4.78 is 18.3. The quantitative estimate of drug-likeness (QED) is 0.0931. The Labute approximate surface area is 329 Å². The van der Waals surface area contributed by atoms with Crippen LogP contribution in [-0.4, -0.2) is 75.4 Å². The van der Waals surface area contributed by atoms with E-state index in [9.17, 15) is 14.4 Å². The number of benzene rings is 1. The van der Waals surface area contributed by atoms with Gasteiger partial charge in [-0.15, -0.1) is 24.5 Å². The Kier molecular flexibility index (Phi) is 12.7. The fourth-order valence-electron chi connectivity index (χ4n) is 7.33. The minimum Gasteiger partial charge on any atom is -0.496 e. The molecule has 1 saturated carbocycles. The zero-order chi connectivity index (χ0) is 40.3. The molecule has 3 amide bonds. The van der Waals surface area contributed by atoms with E-state index in [0.29, 0.717) is 42.9 Å². The predicted molar refractivity (Wildman–Crippen MR) is 217 cm³/mol. The first-order valence-electron chi connectivity index (χ1n) is 19.2. The van der Waals surface area contributed by atoms with Gasteiger partial charge in [0, 0.05) is 34.7 Å². The smallest absolute Gasteiger partial charge is 0.408 e. The number of likely N-dealkylation sites (tertiary alicyclic amines) is 1. The molecule has 3 aromatic rings. The molecular weight excluding hydrogens is 717 g/mol. The van der Waals surface area contributed by atoms with E-state index in [0.717, 1.165) is 46.4 Å². The molecule has 5 atom stereocenters. The summed E-state index contributed by atoms with van der Waals surface area (Å²) in [6.45, 7) is 21.3. The van der Waals surface area contributed by atoms with E-state index in [1.807, 2.05) is 43.5 Å². The number of thiazole rings is 1. The first kappa shape index (κ1) is 41.7. The number of carbonyl (C=O) groups excluding carboxylic acids is 3. The van der Waals surface area contributed by atoms with Gasteiger partial charge in [-0.05, 0) is 78.4 Å². The summed E-state index contributed by atoms with van der Waals surface area (Å²) in [5.74, 6) is 0.527. The highest BCUT2D eigenvalue weighted by Gasteiger charge is 2.60. The maximum absolute atomic E-state index is 14.7. The summed E-state index contributed by atoms with van der Waals surface area (Å²) in [5.41, 5.74) is 6.45. The van der Waals surface area contributed by atoms with Gasteiger partial charge in [0.15, 0.2) is 0 Å². The molecule has 298 valence electrons. The number of aromatic nitrogens is 2. The Morgan fingerprint density at radius 2 is 1.87 bits per heavy atom. The number of allylic oxidation sites excluding steroid dienone is 1. The molecule has 2 fully saturated rings. The van der Waals surface area contributed by atoms with Gasteiger partial charge in [0.05, 0.1) is 31.0 Å². The van der Waals surface area contributed by atoms with Crippen molar-refractivity contribution in [1.82, 2.24) is 25.5 Å². The number of unbranched alkanes of at least 4 members (excludes halogenated alkanes) is 3. The van der Waals surface area contributed by atoms with Crippen LogP contribution in [0.2, 0.25) is 0 Å². The Bertz CT molecular complexity index is 1920. The number of hydrogen-bond donors (Lipinski definition) is 3. The number of alkyl carbamates (subject to hydrolysis) is 1.